The van der Waals surface area contributed by atoms with E-state index in [4.69, 9.17) is 10.8 Å². The van der Waals surface area contributed by atoms with Crippen molar-refractivity contribution in [2.75, 3.05) is 6.61 Å². The Morgan fingerprint density at radius 3 is 2.24 bits per heavy atom. The van der Waals surface area contributed by atoms with Crippen molar-refractivity contribution in [2.24, 2.45) is 5.73 Å². The number of aliphatic hydroxyl groups is 1. The third-order valence-corrected chi connectivity index (χ3v) is 2.23. The molecule has 7 heteroatoms. The zero-order chi connectivity index (χ0) is 13.3. The van der Waals surface area contributed by atoms with Gasteiger partial charge in [0, 0.05) is 5.56 Å². The van der Waals surface area contributed by atoms with Crippen molar-refractivity contribution in [1.29, 1.82) is 0 Å². The van der Waals surface area contributed by atoms with Crippen LogP contribution in [-0.4, -0.2) is 17.9 Å². The van der Waals surface area contributed by atoms with Crippen LogP contribution in [0.5, 0.6) is 0 Å². The van der Waals surface area contributed by atoms with Crippen LogP contribution in [0, 0.1) is 0 Å². The van der Waals surface area contributed by atoms with Gasteiger partial charge in [-0.15, -0.1) is 0 Å². The number of halogens is 5. The second-order valence-electron chi connectivity index (χ2n) is 3.49. The normalized spacial score (nSPS) is 14.8. The first-order valence-electron chi connectivity index (χ1n) is 4.61. The van der Waals surface area contributed by atoms with Gasteiger partial charge in [-0.2, -0.15) is 22.0 Å². The average Bonchev–Trinajstić information content (AvgIpc) is 2.26. The Kier molecular flexibility index (Phi) is 3.73. The lowest BCUT2D eigenvalue weighted by Gasteiger charge is -2.21. The maximum absolute atomic E-state index is 13.0. The molecule has 0 spiro atoms. The minimum Gasteiger partial charge on any atom is -0.394 e. The maximum atomic E-state index is 13.0. The van der Waals surface area contributed by atoms with Crippen LogP contribution in [0.3, 0.4) is 0 Å². The monoisotopic (exact) mass is 255 g/mol. The van der Waals surface area contributed by atoms with Crippen LogP contribution < -0.4 is 5.73 Å². The molecule has 0 saturated carbocycles. The summed E-state index contributed by atoms with van der Waals surface area (Å²) in [4.78, 5) is 0. The molecule has 1 atom stereocenters. The summed E-state index contributed by atoms with van der Waals surface area (Å²) in [5.41, 5.74) is 4.17. The first-order valence-corrected chi connectivity index (χ1v) is 4.61. The van der Waals surface area contributed by atoms with Gasteiger partial charge < -0.3 is 10.8 Å². The Morgan fingerprint density at radius 1 is 1.18 bits per heavy atom. The Balaban J connectivity index is 3.16. The van der Waals surface area contributed by atoms with Crippen LogP contribution in [0.4, 0.5) is 22.0 Å². The molecule has 0 fully saturated rings. The number of nitrogens with two attached hydrogens (primary N) is 1. The lowest BCUT2D eigenvalue weighted by atomic mass is 10.0. The molecule has 0 aliphatic rings. The van der Waals surface area contributed by atoms with E-state index in [-0.39, 0.29) is 5.56 Å². The third kappa shape index (κ3) is 2.73. The Labute approximate surface area is 93.9 Å². The second kappa shape index (κ2) is 4.58. The molecule has 1 aromatic rings. The highest BCUT2D eigenvalue weighted by Crippen LogP contribution is 2.44. The molecule has 1 aromatic carbocycles. The van der Waals surface area contributed by atoms with Crippen molar-refractivity contribution in [3.8, 4) is 0 Å². The number of hydrogen-bond acceptors (Lipinski definition) is 2. The van der Waals surface area contributed by atoms with E-state index in [1.54, 1.807) is 0 Å². The van der Waals surface area contributed by atoms with Gasteiger partial charge >= 0.3 is 12.1 Å². The van der Waals surface area contributed by atoms with Gasteiger partial charge in [0.25, 0.3) is 0 Å². The summed E-state index contributed by atoms with van der Waals surface area (Å²) in [6, 6.07) is 2.64. The zero-order valence-corrected chi connectivity index (χ0v) is 8.51. The molecule has 0 aliphatic carbocycles. The minimum atomic E-state index is -5.66. The van der Waals surface area contributed by atoms with Crippen molar-refractivity contribution >= 4 is 0 Å². The average molecular weight is 255 g/mol. The summed E-state index contributed by atoms with van der Waals surface area (Å²) < 4.78 is 62.3. The molecule has 3 N–H and O–H groups in total. The molecule has 96 valence electrons. The van der Waals surface area contributed by atoms with Crippen LogP contribution in [0.25, 0.3) is 0 Å². The van der Waals surface area contributed by atoms with Gasteiger partial charge in [-0.3, -0.25) is 0 Å². The lowest BCUT2D eigenvalue weighted by Crippen LogP contribution is -2.33. The molecule has 1 rings (SSSR count). The number of alkyl halides is 5. The topological polar surface area (TPSA) is 46.2 Å². The smallest absolute Gasteiger partial charge is 0.394 e. The van der Waals surface area contributed by atoms with Crippen molar-refractivity contribution in [3.05, 3.63) is 35.4 Å². The third-order valence-electron chi connectivity index (χ3n) is 2.23. The number of benzene rings is 1. The quantitative estimate of drug-likeness (QED) is 0.814. The van der Waals surface area contributed by atoms with Crippen LogP contribution >= 0.6 is 0 Å². The molecule has 0 amide bonds. The van der Waals surface area contributed by atoms with E-state index in [2.05, 4.69) is 0 Å². The fourth-order valence-corrected chi connectivity index (χ4v) is 1.23. The van der Waals surface area contributed by atoms with Gasteiger partial charge in [0.1, 0.15) is 0 Å². The van der Waals surface area contributed by atoms with Crippen LogP contribution in [0.2, 0.25) is 0 Å². The largest absolute Gasteiger partial charge is 0.458 e. The van der Waals surface area contributed by atoms with Gasteiger partial charge in [0.05, 0.1) is 12.6 Å². The number of hydrogen-bond donors (Lipinski definition) is 2. The molecule has 0 heterocycles. The molecule has 17 heavy (non-hydrogen) atoms. The van der Waals surface area contributed by atoms with E-state index >= 15 is 0 Å². The fourth-order valence-electron chi connectivity index (χ4n) is 1.23. The van der Waals surface area contributed by atoms with E-state index in [0.717, 1.165) is 6.07 Å². The Morgan fingerprint density at radius 2 is 1.76 bits per heavy atom. The van der Waals surface area contributed by atoms with E-state index in [0.29, 0.717) is 12.1 Å². The molecule has 0 aromatic heterocycles. The standard InChI is InChI=1S/C10H10F5NO/c11-9(12,10(13,14)15)7-3-1-2-6(4-7)8(16)5-17/h1-4,8,17H,5,16H2/t8-/m1/s1. The van der Waals surface area contributed by atoms with Crippen LogP contribution in [0.15, 0.2) is 24.3 Å². The fraction of sp³-hybridized carbons (Fsp3) is 0.400. The summed E-state index contributed by atoms with van der Waals surface area (Å²) in [5, 5.41) is 8.71. The molecule has 0 radical (unpaired) electrons. The maximum Gasteiger partial charge on any atom is 0.458 e. The van der Waals surface area contributed by atoms with Gasteiger partial charge in [0.15, 0.2) is 0 Å². The Bertz CT molecular complexity index is 391. The van der Waals surface area contributed by atoms with Gasteiger partial charge in [-0.1, -0.05) is 18.2 Å². The second-order valence-corrected chi connectivity index (χ2v) is 3.49. The Hall–Kier alpha value is -1.21. The van der Waals surface area contributed by atoms with Crippen molar-refractivity contribution in [2.45, 2.75) is 18.1 Å². The summed E-state index contributed by atoms with van der Waals surface area (Å²) in [5.74, 6) is -4.93. The van der Waals surface area contributed by atoms with Crippen LogP contribution in [0.1, 0.15) is 17.2 Å². The van der Waals surface area contributed by atoms with Gasteiger partial charge in [-0.05, 0) is 11.6 Å². The number of aliphatic hydroxyl groups excluding tert-OH is 1. The molecule has 0 bridgehead atoms. The predicted molar refractivity (Wildman–Crippen MR) is 50.4 cm³/mol. The highest BCUT2D eigenvalue weighted by molar-refractivity contribution is 5.29. The predicted octanol–water partition coefficient (Wildman–Crippen LogP) is 2.33. The first-order chi connectivity index (χ1) is 7.70. The summed E-state index contributed by atoms with van der Waals surface area (Å²) >= 11 is 0. The van der Waals surface area contributed by atoms with E-state index < -0.39 is 30.3 Å². The molecule has 0 aliphatic heterocycles. The van der Waals surface area contributed by atoms with Gasteiger partial charge in [0.2, 0.25) is 0 Å². The zero-order valence-electron chi connectivity index (χ0n) is 8.51. The first kappa shape index (κ1) is 13.9. The SMILES string of the molecule is N[C@H](CO)c1cccc(C(F)(F)C(F)(F)F)c1. The van der Waals surface area contributed by atoms with E-state index in [9.17, 15) is 22.0 Å². The lowest BCUT2D eigenvalue weighted by molar-refractivity contribution is -0.289. The summed E-state index contributed by atoms with van der Waals surface area (Å²) in [6.45, 7) is -0.541. The van der Waals surface area contributed by atoms with Gasteiger partial charge in [-0.25, -0.2) is 0 Å². The van der Waals surface area contributed by atoms with Crippen molar-refractivity contribution in [3.63, 3.8) is 0 Å². The van der Waals surface area contributed by atoms with Crippen molar-refractivity contribution in [1.82, 2.24) is 0 Å². The highest BCUT2D eigenvalue weighted by Gasteiger charge is 2.58. The summed E-state index contributed by atoms with van der Waals surface area (Å²) in [6.07, 6.45) is -5.66. The van der Waals surface area contributed by atoms with Crippen molar-refractivity contribution < 1.29 is 27.1 Å². The molecule has 2 nitrogen and oxygen atoms in total. The van der Waals surface area contributed by atoms with E-state index in [1.807, 2.05) is 0 Å². The minimum absolute atomic E-state index is 0.0222. The molecular formula is C10H10F5NO. The number of rotatable bonds is 3. The highest BCUT2D eigenvalue weighted by atomic mass is 19.4. The molecule has 0 unspecified atom stereocenters. The molecular weight excluding hydrogens is 245 g/mol. The summed E-state index contributed by atoms with van der Waals surface area (Å²) in [7, 11) is 0. The van der Waals surface area contributed by atoms with Crippen LogP contribution in [-0.2, 0) is 5.92 Å². The molecule has 0 saturated heterocycles. The van der Waals surface area contributed by atoms with E-state index in [1.165, 1.54) is 6.07 Å².